The summed E-state index contributed by atoms with van der Waals surface area (Å²) in [5.74, 6) is 0. The van der Waals surface area contributed by atoms with Crippen LogP contribution in [0.25, 0.3) is 0 Å². The van der Waals surface area contributed by atoms with Crippen molar-refractivity contribution >= 4 is 0 Å². The van der Waals surface area contributed by atoms with Crippen molar-refractivity contribution < 1.29 is 124 Å². The van der Waals surface area contributed by atoms with Crippen molar-refractivity contribution in [3.63, 3.8) is 0 Å². The van der Waals surface area contributed by atoms with E-state index >= 15 is 0 Å². The van der Waals surface area contributed by atoms with Gasteiger partial charge in [0.05, 0.1) is 0 Å². The Balaban J connectivity index is 0. The zero-order chi connectivity index (χ0) is 0. The molecule has 0 aromatic heterocycles. The molecule has 0 aromatic carbocycles. The molecule has 0 unspecified atom stereocenters. The van der Waals surface area contributed by atoms with Crippen molar-refractivity contribution in [3.8, 4) is 0 Å². The summed E-state index contributed by atoms with van der Waals surface area (Å²) in [6.45, 7) is 0. The molecule has 0 amide bonds. The molecular weight excluding hydrogens is 400 g/mol. The fourth-order valence-electron chi connectivity index (χ4n) is 0. The topological polar surface area (TPSA) is 85.5 Å². The average molecular weight is 400 g/mol. The third-order valence-electron chi connectivity index (χ3n) is 0. The van der Waals surface area contributed by atoms with Crippen LogP contribution in [0, 0.1) is 0 Å². The molecular formula is Fe2Mn2O3Zn2. The van der Waals surface area contributed by atoms with Crippen LogP contribution in [0.1, 0.15) is 0 Å². The van der Waals surface area contributed by atoms with Crippen LogP contribution in [0.5, 0.6) is 0 Å². The molecule has 0 spiro atoms. The molecule has 0 fully saturated rings. The monoisotopic (exact) mass is 398 g/mol. The normalized spacial score (nSPS) is 0. The largest absolute Gasteiger partial charge is 3.00 e. The van der Waals surface area contributed by atoms with Crippen molar-refractivity contribution in [2.75, 3.05) is 0 Å². The fraction of sp³-hybridized carbons (Fsp3) is 0. The van der Waals surface area contributed by atoms with Gasteiger partial charge in [0.25, 0.3) is 0 Å². The molecule has 0 saturated heterocycles. The van der Waals surface area contributed by atoms with Gasteiger partial charge in [-0.05, 0) is 0 Å². The molecule has 4 radical (unpaired) electrons. The smallest absolute Gasteiger partial charge is 2.00 e. The molecule has 9 heavy (non-hydrogen) atoms. The summed E-state index contributed by atoms with van der Waals surface area (Å²) in [6, 6.07) is 0. The summed E-state index contributed by atoms with van der Waals surface area (Å²) in [4.78, 5) is 0. The zero-order valence-electron chi connectivity index (χ0n) is 4.10. The van der Waals surface area contributed by atoms with Crippen LogP contribution in [0.3, 0.4) is 0 Å². The van der Waals surface area contributed by atoms with E-state index in [0.717, 1.165) is 0 Å². The van der Waals surface area contributed by atoms with E-state index in [1.807, 2.05) is 0 Å². The van der Waals surface area contributed by atoms with Gasteiger partial charge < -0.3 is 16.4 Å². The van der Waals surface area contributed by atoms with E-state index in [9.17, 15) is 0 Å². The molecule has 0 bridgehead atoms. The quantitative estimate of drug-likeness (QED) is 0.497. The molecule has 0 aliphatic heterocycles. The molecule has 0 atom stereocenters. The third-order valence-corrected chi connectivity index (χ3v) is 0. The van der Waals surface area contributed by atoms with Crippen LogP contribution in [0.15, 0.2) is 0 Å². The fourth-order valence-corrected chi connectivity index (χ4v) is 0. The van der Waals surface area contributed by atoms with Crippen LogP contribution in [0.2, 0.25) is 0 Å². The maximum Gasteiger partial charge on any atom is 3.00 e. The van der Waals surface area contributed by atoms with Gasteiger partial charge in [-0.3, -0.25) is 0 Å². The van der Waals surface area contributed by atoms with Gasteiger partial charge in [0, 0.05) is 73.1 Å². The van der Waals surface area contributed by atoms with Gasteiger partial charge in [-0.1, -0.05) is 0 Å². The van der Waals surface area contributed by atoms with E-state index in [1.54, 1.807) is 0 Å². The second-order valence-corrected chi connectivity index (χ2v) is 0. The van der Waals surface area contributed by atoms with E-state index < -0.39 is 0 Å². The third kappa shape index (κ3) is 92.4. The van der Waals surface area contributed by atoms with Crippen LogP contribution in [0.4, 0.5) is 0 Å². The Labute approximate surface area is 122 Å². The molecule has 0 rings (SSSR count). The summed E-state index contributed by atoms with van der Waals surface area (Å²) in [6.07, 6.45) is 0. The first-order chi connectivity index (χ1) is 0. The molecule has 0 aromatic rings. The van der Waals surface area contributed by atoms with Crippen LogP contribution in [-0.2, 0) is 124 Å². The molecule has 0 aliphatic carbocycles. The average Bonchev–Trinajstić information content (AvgIpc) is 0. The molecule has 0 saturated carbocycles. The molecule has 3 nitrogen and oxygen atoms in total. The zero-order valence-corrected chi connectivity index (χ0v) is 14.6. The van der Waals surface area contributed by atoms with Crippen molar-refractivity contribution in [2.24, 2.45) is 0 Å². The summed E-state index contributed by atoms with van der Waals surface area (Å²) in [7, 11) is 0. The SMILES string of the molecule is [Fe+3].[Fe+3].[Mn].[Mn].[O-2].[O-2].[O-2].[Zn].[Zn]. The van der Waals surface area contributed by atoms with Crippen molar-refractivity contribution in [1.29, 1.82) is 0 Å². The second kappa shape index (κ2) is 114. The molecule has 0 aliphatic rings. The predicted octanol–water partition coefficient (Wildman–Crippen LogP) is -0.371. The second-order valence-electron chi connectivity index (χ2n) is 0. The predicted molar refractivity (Wildman–Crippen MR) is 2.06 cm³/mol. The number of hydrogen-bond acceptors (Lipinski definition) is 0. The number of hydrogen-bond donors (Lipinski definition) is 0. The van der Waals surface area contributed by atoms with Crippen LogP contribution >= 0.6 is 0 Å². The van der Waals surface area contributed by atoms with Crippen molar-refractivity contribution in [1.82, 2.24) is 0 Å². The Bertz CT molecular complexity index is 17.8. The van der Waals surface area contributed by atoms with Gasteiger partial charge in [0.15, 0.2) is 0 Å². The maximum absolute atomic E-state index is 0. The molecule has 0 N–H and O–H groups in total. The Morgan fingerprint density at radius 3 is 0.444 bits per heavy atom. The Kier molecular flexibility index (Phi) is 1880. The van der Waals surface area contributed by atoms with Gasteiger partial charge in [-0.2, -0.15) is 0 Å². The van der Waals surface area contributed by atoms with Gasteiger partial charge in [-0.25, -0.2) is 0 Å². The Hall–Kier alpha value is 3.20. The molecule has 0 heterocycles. The van der Waals surface area contributed by atoms with Gasteiger partial charge in [0.1, 0.15) is 0 Å². The van der Waals surface area contributed by atoms with E-state index in [1.165, 1.54) is 0 Å². The molecule has 52 valence electrons. The Morgan fingerprint density at radius 1 is 0.444 bits per heavy atom. The van der Waals surface area contributed by atoms with Gasteiger partial charge in [0.2, 0.25) is 0 Å². The van der Waals surface area contributed by atoms with Gasteiger partial charge >= 0.3 is 34.1 Å². The number of rotatable bonds is 0. The summed E-state index contributed by atoms with van der Waals surface area (Å²) in [5, 5.41) is 0. The van der Waals surface area contributed by atoms with E-state index in [2.05, 4.69) is 0 Å². The molecule has 9 heteroatoms. The minimum atomic E-state index is 0. The van der Waals surface area contributed by atoms with Gasteiger partial charge in [-0.15, -0.1) is 0 Å². The first-order valence-electron chi connectivity index (χ1n) is 0. The summed E-state index contributed by atoms with van der Waals surface area (Å²) >= 11 is 0. The van der Waals surface area contributed by atoms with Crippen molar-refractivity contribution in [3.05, 3.63) is 0 Å². The summed E-state index contributed by atoms with van der Waals surface area (Å²) in [5.41, 5.74) is 0. The van der Waals surface area contributed by atoms with Crippen LogP contribution in [-0.4, -0.2) is 0 Å². The standard InChI is InChI=1S/2Fe.2Mn.3O.2Zn/q2*+3;;;3*-2;;. The summed E-state index contributed by atoms with van der Waals surface area (Å²) < 4.78 is 0. The first kappa shape index (κ1) is 149. The van der Waals surface area contributed by atoms with Crippen molar-refractivity contribution in [2.45, 2.75) is 0 Å². The van der Waals surface area contributed by atoms with Crippen LogP contribution < -0.4 is 0 Å². The minimum Gasteiger partial charge on any atom is -2.00 e. The van der Waals surface area contributed by atoms with E-state index in [4.69, 9.17) is 0 Å². The maximum atomic E-state index is 0. The van der Waals surface area contributed by atoms with E-state index in [-0.39, 0.29) is 124 Å². The minimum absolute atomic E-state index is 0. The van der Waals surface area contributed by atoms with E-state index in [0.29, 0.717) is 0 Å². The first-order valence-corrected chi connectivity index (χ1v) is 0. The Morgan fingerprint density at radius 2 is 0.444 bits per heavy atom.